The van der Waals surface area contributed by atoms with Crippen molar-refractivity contribution in [2.75, 3.05) is 0 Å². The molecule has 0 aromatic heterocycles. The van der Waals surface area contributed by atoms with E-state index in [-0.39, 0.29) is 0 Å². The second kappa shape index (κ2) is 29.1. The lowest BCUT2D eigenvalue weighted by Crippen LogP contribution is -2.02. The summed E-state index contributed by atoms with van der Waals surface area (Å²) in [6, 6.07) is 0. The predicted molar refractivity (Wildman–Crippen MR) is 102 cm³/mol. The number of hydrogen-bond acceptors (Lipinski definition) is 2. The predicted octanol–water partition coefficient (Wildman–Crippen LogP) is 6.54. The van der Waals surface area contributed by atoms with E-state index in [4.69, 9.17) is 0 Å². The van der Waals surface area contributed by atoms with Crippen molar-refractivity contribution in [2.24, 2.45) is 11.7 Å². The minimum absolute atomic E-state index is 0.833. The molecule has 0 saturated heterocycles. The summed E-state index contributed by atoms with van der Waals surface area (Å²) < 4.78 is 20.7. The van der Waals surface area contributed by atoms with Gasteiger partial charge in [0.15, 0.2) is 0 Å². The van der Waals surface area contributed by atoms with Crippen LogP contribution in [-0.2, 0) is 0 Å². The summed E-state index contributed by atoms with van der Waals surface area (Å²) in [4.78, 5) is 0. The summed E-state index contributed by atoms with van der Waals surface area (Å²) in [6.45, 7) is 14.8. The summed E-state index contributed by atoms with van der Waals surface area (Å²) in [7, 11) is 0. The highest BCUT2D eigenvalue weighted by Gasteiger charge is 2.05. The number of alkyl halides is 2. The van der Waals surface area contributed by atoms with Crippen LogP contribution >= 0.6 is 0 Å². The Hall–Kier alpha value is -1.00. The van der Waals surface area contributed by atoms with Gasteiger partial charge in [-0.15, -0.1) is 6.58 Å². The summed E-state index contributed by atoms with van der Waals surface area (Å²) >= 11 is 0. The highest BCUT2D eigenvalue weighted by Crippen LogP contribution is 2.24. The zero-order valence-electron chi connectivity index (χ0n) is 16.2. The summed E-state index contributed by atoms with van der Waals surface area (Å²) in [5.74, 6) is 8.00. The van der Waals surface area contributed by atoms with Crippen molar-refractivity contribution in [1.29, 1.82) is 0 Å². The molecule has 0 heterocycles. The molecule has 0 saturated carbocycles. The molecular weight excluding hydrogens is 294 g/mol. The van der Waals surface area contributed by atoms with Gasteiger partial charge in [0, 0.05) is 0 Å². The first kappa shape index (κ1) is 29.9. The fourth-order valence-electron chi connectivity index (χ4n) is 1.57. The SMILES string of the molecule is C=CCC.CC.CC(F)F.CC/C=C/C1=C(C)CCCC1.NN. The Morgan fingerprint density at radius 3 is 1.78 bits per heavy atom. The molecule has 23 heavy (non-hydrogen) atoms. The molecule has 0 spiro atoms. The van der Waals surface area contributed by atoms with Gasteiger partial charge in [-0.2, -0.15) is 0 Å². The molecule has 1 aliphatic carbocycles. The van der Waals surface area contributed by atoms with E-state index < -0.39 is 6.43 Å². The highest BCUT2D eigenvalue weighted by atomic mass is 19.3. The van der Waals surface area contributed by atoms with Crippen LogP contribution in [0.5, 0.6) is 0 Å². The van der Waals surface area contributed by atoms with Crippen molar-refractivity contribution < 1.29 is 8.78 Å². The van der Waals surface area contributed by atoms with Crippen LogP contribution in [0.15, 0.2) is 36.0 Å². The normalized spacial score (nSPS) is 12.7. The van der Waals surface area contributed by atoms with Crippen LogP contribution in [0.25, 0.3) is 0 Å². The van der Waals surface area contributed by atoms with E-state index in [0.717, 1.165) is 19.8 Å². The Bertz CT molecular complexity index is 270. The van der Waals surface area contributed by atoms with Crippen LogP contribution in [0.1, 0.15) is 80.1 Å². The van der Waals surface area contributed by atoms with Crippen LogP contribution in [0, 0.1) is 0 Å². The topological polar surface area (TPSA) is 52.0 Å². The molecule has 0 unspecified atom stereocenters. The Morgan fingerprint density at radius 2 is 1.48 bits per heavy atom. The van der Waals surface area contributed by atoms with Crippen LogP contribution in [0.2, 0.25) is 0 Å². The molecule has 0 bridgehead atoms. The quantitative estimate of drug-likeness (QED) is 0.349. The van der Waals surface area contributed by atoms with E-state index >= 15 is 0 Å². The minimum Gasteiger partial charge on any atom is -0.274 e. The van der Waals surface area contributed by atoms with Crippen LogP contribution in [-0.4, -0.2) is 6.43 Å². The lowest BCUT2D eigenvalue weighted by molar-refractivity contribution is 0.171. The van der Waals surface area contributed by atoms with Gasteiger partial charge in [0.05, 0.1) is 0 Å². The van der Waals surface area contributed by atoms with E-state index in [2.05, 4.69) is 51.2 Å². The first-order valence-corrected chi connectivity index (χ1v) is 8.57. The van der Waals surface area contributed by atoms with Crippen molar-refractivity contribution in [2.45, 2.75) is 86.5 Å². The fraction of sp³-hybridized carbons (Fsp3) is 0.684. The second-order valence-corrected chi connectivity index (χ2v) is 4.54. The average Bonchev–Trinajstić information content (AvgIpc) is 2.57. The van der Waals surface area contributed by atoms with Gasteiger partial charge in [0.1, 0.15) is 0 Å². The monoisotopic (exact) mass is 334 g/mol. The van der Waals surface area contributed by atoms with Gasteiger partial charge in [-0.25, -0.2) is 8.78 Å². The molecule has 0 amide bonds. The first-order valence-electron chi connectivity index (χ1n) is 8.57. The molecule has 0 fully saturated rings. The molecule has 0 radical (unpaired) electrons. The number of allylic oxidation sites excluding steroid dienone is 5. The Labute approximate surface area is 143 Å². The molecule has 2 nitrogen and oxygen atoms in total. The minimum atomic E-state index is -2.17. The summed E-state index contributed by atoms with van der Waals surface area (Å²) in [6.07, 6.45) is 12.0. The van der Waals surface area contributed by atoms with Crippen molar-refractivity contribution in [1.82, 2.24) is 0 Å². The number of nitrogens with two attached hydrogens (primary N) is 2. The van der Waals surface area contributed by atoms with Crippen molar-refractivity contribution >= 4 is 0 Å². The zero-order chi connectivity index (χ0) is 19.1. The summed E-state index contributed by atoms with van der Waals surface area (Å²) in [5, 5.41) is 0. The molecule has 4 N–H and O–H groups in total. The molecule has 0 aromatic rings. The largest absolute Gasteiger partial charge is 0.274 e. The Morgan fingerprint density at radius 1 is 1.09 bits per heavy atom. The van der Waals surface area contributed by atoms with E-state index in [9.17, 15) is 8.78 Å². The maximum absolute atomic E-state index is 10.3. The highest BCUT2D eigenvalue weighted by molar-refractivity contribution is 5.26. The van der Waals surface area contributed by atoms with Gasteiger partial charge in [0.25, 0.3) is 0 Å². The number of hydrogen-bond donors (Lipinski definition) is 2. The van der Waals surface area contributed by atoms with Gasteiger partial charge in [-0.1, -0.05) is 51.5 Å². The van der Waals surface area contributed by atoms with Crippen molar-refractivity contribution in [3.05, 3.63) is 36.0 Å². The van der Waals surface area contributed by atoms with Gasteiger partial charge in [0.2, 0.25) is 6.43 Å². The van der Waals surface area contributed by atoms with Gasteiger partial charge in [-0.05, 0) is 57.9 Å². The lowest BCUT2D eigenvalue weighted by Gasteiger charge is -2.14. The van der Waals surface area contributed by atoms with Crippen LogP contribution in [0.4, 0.5) is 8.78 Å². The molecule has 1 aliphatic rings. The molecule has 4 heteroatoms. The van der Waals surface area contributed by atoms with E-state index in [1.165, 1.54) is 25.7 Å². The smallest absolute Gasteiger partial charge is 0.235 e. The van der Waals surface area contributed by atoms with Crippen LogP contribution < -0.4 is 11.7 Å². The van der Waals surface area contributed by atoms with Crippen molar-refractivity contribution in [3.8, 4) is 0 Å². The van der Waals surface area contributed by atoms with Gasteiger partial charge >= 0.3 is 0 Å². The molecule has 0 aliphatic heterocycles. The Kier molecular flexibility index (Phi) is 37.8. The average molecular weight is 335 g/mol. The molecule has 0 aromatic carbocycles. The number of hydrazine groups is 1. The Balaban J connectivity index is -0.000000126. The second-order valence-electron chi connectivity index (χ2n) is 4.54. The third-order valence-corrected chi connectivity index (χ3v) is 2.64. The van der Waals surface area contributed by atoms with E-state index in [1.807, 2.05) is 19.9 Å². The third-order valence-electron chi connectivity index (χ3n) is 2.64. The molecule has 0 atom stereocenters. The van der Waals surface area contributed by atoms with Crippen molar-refractivity contribution in [3.63, 3.8) is 0 Å². The maximum atomic E-state index is 10.3. The molecule has 1 rings (SSSR count). The van der Waals surface area contributed by atoms with E-state index in [1.54, 1.807) is 11.1 Å². The maximum Gasteiger partial charge on any atom is 0.235 e. The third kappa shape index (κ3) is 33.7. The standard InChI is InChI=1S/C11H18.C4H8.C2H4F2.C2H6.H4N2/c1-3-4-8-11-9-6-5-7-10(11)2;1-3-4-2;1-2(3)4;2*1-2/h4,8H,3,5-7,9H2,1-2H3;3H,1,4H2,2H3;2H,1H3;1-2H3;1-2H2/b8-4+;;;;. The van der Waals surface area contributed by atoms with Gasteiger partial charge < -0.3 is 0 Å². The molecular formula is C19H40F2N2. The number of halogens is 2. The fourth-order valence-corrected chi connectivity index (χ4v) is 1.57. The summed E-state index contributed by atoms with van der Waals surface area (Å²) in [5.41, 5.74) is 3.21. The van der Waals surface area contributed by atoms with Crippen LogP contribution in [0.3, 0.4) is 0 Å². The van der Waals surface area contributed by atoms with Gasteiger partial charge in [-0.3, -0.25) is 11.7 Å². The molecule has 140 valence electrons. The zero-order valence-corrected chi connectivity index (χ0v) is 16.2. The van der Waals surface area contributed by atoms with E-state index in [0.29, 0.717) is 0 Å². The first-order chi connectivity index (χ1) is 11.0. The lowest BCUT2D eigenvalue weighted by atomic mass is 9.92. The number of rotatable bonds is 3.